The van der Waals surface area contributed by atoms with E-state index in [0.717, 1.165) is 11.1 Å². The van der Waals surface area contributed by atoms with Gasteiger partial charge in [0.05, 0.1) is 5.56 Å². The lowest BCUT2D eigenvalue weighted by Gasteiger charge is -2.18. The normalized spacial score (nSPS) is 18.2. The van der Waals surface area contributed by atoms with Crippen LogP contribution in [0.3, 0.4) is 0 Å². The van der Waals surface area contributed by atoms with Crippen LogP contribution in [0.25, 0.3) is 6.08 Å². The number of esters is 1. The second-order valence-corrected chi connectivity index (χ2v) is 7.11. The smallest absolute Gasteiger partial charge is 0.349 e. The van der Waals surface area contributed by atoms with Gasteiger partial charge in [0.25, 0.3) is 5.91 Å². The first-order chi connectivity index (χ1) is 14.8. The molecule has 0 saturated carbocycles. The van der Waals surface area contributed by atoms with Gasteiger partial charge in [-0.25, -0.2) is 4.79 Å². The molecule has 0 spiro atoms. The Morgan fingerprint density at radius 2 is 1.81 bits per heavy atom. The van der Waals surface area contributed by atoms with E-state index in [2.05, 4.69) is 10.6 Å². The third kappa shape index (κ3) is 3.99. The summed E-state index contributed by atoms with van der Waals surface area (Å²) in [6.07, 6.45) is 2.67. The fourth-order valence-corrected chi connectivity index (χ4v) is 3.32. The van der Waals surface area contributed by atoms with E-state index in [9.17, 15) is 19.2 Å². The number of Topliss-reactive ketones (excluding diaryl/α,β-unsaturated/α-hetero) is 1. The predicted molar refractivity (Wildman–Crippen MR) is 116 cm³/mol. The number of anilines is 1. The average molecular weight is 433 g/mol. The van der Waals surface area contributed by atoms with Gasteiger partial charge in [0, 0.05) is 18.8 Å². The third-order valence-corrected chi connectivity index (χ3v) is 4.81. The van der Waals surface area contributed by atoms with E-state index in [-0.39, 0.29) is 33.6 Å². The fraction of sp³-hybridized carbons (Fsp3) is 0.0455. The second-order valence-electron chi connectivity index (χ2n) is 6.72. The van der Waals surface area contributed by atoms with Gasteiger partial charge in [-0.15, -0.1) is 0 Å². The molecule has 0 aromatic heterocycles. The number of hydrogen-bond donors (Lipinski definition) is 2. The molecule has 1 saturated heterocycles. The van der Waals surface area contributed by atoms with Crippen molar-refractivity contribution in [1.82, 2.24) is 10.2 Å². The summed E-state index contributed by atoms with van der Waals surface area (Å²) in [4.78, 5) is 49.9. The van der Waals surface area contributed by atoms with Gasteiger partial charge < -0.3 is 15.4 Å². The Kier molecular flexibility index (Phi) is 5.18. The molecule has 0 bridgehead atoms. The largest absolute Gasteiger partial charge is 0.422 e. The van der Waals surface area contributed by atoms with Gasteiger partial charge in [0.2, 0.25) is 11.7 Å². The minimum Gasteiger partial charge on any atom is -0.422 e. The topological polar surface area (TPSA) is 105 Å². The number of hydrogen-bond acceptors (Lipinski definition) is 6. The van der Waals surface area contributed by atoms with Crippen molar-refractivity contribution in [1.29, 1.82) is 0 Å². The zero-order valence-corrected chi connectivity index (χ0v) is 17.0. The molecule has 2 aliphatic rings. The van der Waals surface area contributed by atoms with Gasteiger partial charge in [-0.2, -0.15) is 0 Å². The highest BCUT2D eigenvalue weighted by atomic mass is 32.1. The first-order valence-corrected chi connectivity index (χ1v) is 9.56. The summed E-state index contributed by atoms with van der Waals surface area (Å²) in [5, 5.41) is 5.46. The summed E-state index contributed by atoms with van der Waals surface area (Å²) < 4.78 is 5.18. The van der Waals surface area contributed by atoms with Crippen LogP contribution in [0.2, 0.25) is 0 Å². The van der Waals surface area contributed by atoms with Gasteiger partial charge >= 0.3 is 5.97 Å². The van der Waals surface area contributed by atoms with Crippen molar-refractivity contribution >= 4 is 52.7 Å². The molecule has 0 radical (unpaired) electrons. The van der Waals surface area contributed by atoms with Gasteiger partial charge in [0.15, 0.2) is 5.11 Å². The van der Waals surface area contributed by atoms with E-state index in [1.54, 1.807) is 42.5 Å². The summed E-state index contributed by atoms with van der Waals surface area (Å²) in [5.74, 6) is -1.95. The van der Waals surface area contributed by atoms with E-state index >= 15 is 0 Å². The monoisotopic (exact) mass is 433 g/mol. The third-order valence-electron chi connectivity index (χ3n) is 4.51. The molecule has 0 aliphatic carbocycles. The standard InChI is InChI=1S/C22H15N3O5S/c1-12(26)23-14-8-6-13(7-9-14)10-17-20(28)25(22(31)24-17)11-16-19(27)15-4-2-3-5-18(15)30-21(16)29/h2-11H,1H3,(H,23,26)(H,24,31)/b16-11+,17-10-. The van der Waals surface area contributed by atoms with E-state index < -0.39 is 17.7 Å². The van der Waals surface area contributed by atoms with Crippen LogP contribution >= 0.6 is 12.2 Å². The highest BCUT2D eigenvalue weighted by Gasteiger charge is 2.35. The van der Waals surface area contributed by atoms with E-state index in [1.807, 2.05) is 0 Å². The maximum Gasteiger partial charge on any atom is 0.349 e. The van der Waals surface area contributed by atoms with Gasteiger partial charge in [-0.05, 0) is 48.1 Å². The van der Waals surface area contributed by atoms with Crippen molar-refractivity contribution in [2.45, 2.75) is 6.92 Å². The number of nitrogens with zero attached hydrogens (tertiary/aromatic N) is 1. The minimum absolute atomic E-state index is 0.0260. The molecule has 2 heterocycles. The number of ketones is 1. The Balaban J connectivity index is 1.59. The summed E-state index contributed by atoms with van der Waals surface area (Å²) in [6, 6.07) is 13.2. The van der Waals surface area contributed by atoms with Crippen LogP contribution in [-0.4, -0.2) is 33.6 Å². The number of ether oxygens (including phenoxy) is 1. The van der Waals surface area contributed by atoms with Crippen LogP contribution in [0, 0.1) is 0 Å². The molecular formula is C22H15N3O5S. The fourth-order valence-electron chi connectivity index (χ4n) is 3.07. The number of amides is 2. The van der Waals surface area contributed by atoms with Crippen molar-refractivity contribution in [3.05, 3.63) is 77.1 Å². The minimum atomic E-state index is -0.856. The van der Waals surface area contributed by atoms with Gasteiger partial charge in [-0.1, -0.05) is 24.3 Å². The molecule has 1 fully saturated rings. The van der Waals surface area contributed by atoms with Crippen LogP contribution in [0.5, 0.6) is 5.75 Å². The Labute approximate surface area is 182 Å². The lowest BCUT2D eigenvalue weighted by molar-refractivity contribution is -0.130. The predicted octanol–water partition coefficient (Wildman–Crippen LogP) is 2.39. The maximum absolute atomic E-state index is 12.8. The number of para-hydroxylation sites is 1. The highest BCUT2D eigenvalue weighted by Crippen LogP contribution is 2.28. The van der Waals surface area contributed by atoms with Crippen molar-refractivity contribution in [3.63, 3.8) is 0 Å². The summed E-state index contributed by atoms with van der Waals surface area (Å²) in [5.41, 5.74) is 1.42. The first kappa shape index (κ1) is 20.2. The lowest BCUT2D eigenvalue weighted by Crippen LogP contribution is -2.31. The van der Waals surface area contributed by atoms with Crippen molar-refractivity contribution in [3.8, 4) is 5.75 Å². The molecule has 4 rings (SSSR count). The molecule has 2 N–H and O–H groups in total. The molecule has 154 valence electrons. The SMILES string of the molecule is CC(=O)Nc1ccc(/C=C2\NC(=S)N(/C=C3/C(=O)Oc4ccccc4C3=O)C2=O)cc1. The summed E-state index contributed by atoms with van der Waals surface area (Å²) >= 11 is 5.20. The van der Waals surface area contributed by atoms with Crippen LogP contribution in [0.4, 0.5) is 5.69 Å². The Hall–Kier alpha value is -4.11. The van der Waals surface area contributed by atoms with Crippen molar-refractivity contribution in [2.24, 2.45) is 0 Å². The number of carbonyl (C=O) groups is 4. The molecule has 8 nitrogen and oxygen atoms in total. The van der Waals surface area contributed by atoms with Crippen LogP contribution < -0.4 is 15.4 Å². The van der Waals surface area contributed by atoms with Crippen molar-refractivity contribution in [2.75, 3.05) is 5.32 Å². The van der Waals surface area contributed by atoms with Crippen molar-refractivity contribution < 1.29 is 23.9 Å². The number of fused-ring (bicyclic) bond motifs is 1. The van der Waals surface area contributed by atoms with E-state index in [0.29, 0.717) is 11.3 Å². The second kappa shape index (κ2) is 7.96. The number of thiocarbonyl (C=S) groups is 1. The number of nitrogens with one attached hydrogen (secondary N) is 2. The van der Waals surface area contributed by atoms with Gasteiger partial charge in [-0.3, -0.25) is 19.3 Å². The highest BCUT2D eigenvalue weighted by molar-refractivity contribution is 7.80. The Bertz CT molecular complexity index is 1210. The van der Waals surface area contributed by atoms with E-state index in [4.69, 9.17) is 17.0 Å². The van der Waals surface area contributed by atoms with Crippen LogP contribution in [0.15, 0.2) is 66.0 Å². The molecule has 2 amide bonds. The Morgan fingerprint density at radius 3 is 2.52 bits per heavy atom. The average Bonchev–Trinajstić information content (AvgIpc) is 2.99. The quantitative estimate of drug-likeness (QED) is 0.252. The van der Waals surface area contributed by atoms with Crippen LogP contribution in [-0.2, 0) is 14.4 Å². The molecule has 2 aromatic carbocycles. The number of carbonyl (C=O) groups excluding carboxylic acids is 4. The molecule has 0 unspecified atom stereocenters. The zero-order chi connectivity index (χ0) is 22.1. The zero-order valence-electron chi connectivity index (χ0n) is 16.2. The molecule has 2 aromatic rings. The number of benzene rings is 2. The molecule has 9 heteroatoms. The lowest BCUT2D eigenvalue weighted by atomic mass is 10.0. The molecular weight excluding hydrogens is 418 g/mol. The Morgan fingerprint density at radius 1 is 1.10 bits per heavy atom. The number of rotatable bonds is 3. The summed E-state index contributed by atoms with van der Waals surface area (Å²) in [7, 11) is 0. The summed E-state index contributed by atoms with van der Waals surface area (Å²) in [6.45, 7) is 1.41. The molecule has 0 atom stereocenters. The van der Waals surface area contributed by atoms with Gasteiger partial charge in [0.1, 0.15) is 17.0 Å². The molecule has 2 aliphatic heterocycles. The van der Waals surface area contributed by atoms with Crippen LogP contribution in [0.1, 0.15) is 22.8 Å². The molecule has 31 heavy (non-hydrogen) atoms. The van der Waals surface area contributed by atoms with E-state index in [1.165, 1.54) is 19.1 Å². The first-order valence-electron chi connectivity index (χ1n) is 9.15. The maximum atomic E-state index is 12.8.